The number of ether oxygens (including phenoxy) is 2. The van der Waals surface area contributed by atoms with Crippen LogP contribution < -0.4 is 5.32 Å². The second-order valence-electron chi connectivity index (χ2n) is 8.37. The molecule has 0 heterocycles. The molecule has 35 heavy (non-hydrogen) atoms. The predicted octanol–water partition coefficient (Wildman–Crippen LogP) is 5.76. The largest absolute Gasteiger partial charge is 0.469 e. The molecule has 8 heteroatoms. The van der Waals surface area contributed by atoms with Gasteiger partial charge in [0.15, 0.2) is 0 Å². The number of benzene rings is 3. The number of hydrogen-bond acceptors (Lipinski definition) is 6. The Morgan fingerprint density at radius 2 is 1.63 bits per heavy atom. The third-order valence-electron chi connectivity index (χ3n) is 6.09. The lowest BCUT2D eigenvalue weighted by Crippen LogP contribution is -2.35. The first-order chi connectivity index (χ1) is 16.9. The smallest absolute Gasteiger partial charge is 0.408 e. The van der Waals surface area contributed by atoms with E-state index in [2.05, 4.69) is 5.32 Å². The molecule has 0 aliphatic carbocycles. The highest BCUT2D eigenvalue weighted by molar-refractivity contribution is 7.59. The highest BCUT2D eigenvalue weighted by Gasteiger charge is 2.37. The molecule has 186 valence electrons. The van der Waals surface area contributed by atoms with E-state index in [9.17, 15) is 14.2 Å². The third kappa shape index (κ3) is 7.17. The molecule has 0 aliphatic rings. The number of hydrogen-bond donors (Lipinski definition) is 1. The molecule has 0 saturated carbocycles. The number of fused-ring (bicyclic) bond motifs is 1. The van der Waals surface area contributed by atoms with E-state index < -0.39 is 31.1 Å². The molecular formula is C27H32NO6P. The van der Waals surface area contributed by atoms with E-state index >= 15 is 0 Å². The molecule has 3 aromatic carbocycles. The minimum atomic E-state index is -3.45. The lowest BCUT2D eigenvalue weighted by molar-refractivity contribution is -0.144. The maximum atomic E-state index is 13.6. The fourth-order valence-electron chi connectivity index (χ4n) is 4.02. The first-order valence-corrected chi connectivity index (χ1v) is 13.4. The summed E-state index contributed by atoms with van der Waals surface area (Å²) < 4.78 is 29.3. The van der Waals surface area contributed by atoms with Gasteiger partial charge in [0, 0.05) is 13.3 Å². The van der Waals surface area contributed by atoms with Crippen LogP contribution in [-0.2, 0) is 36.4 Å². The van der Waals surface area contributed by atoms with Crippen LogP contribution in [0.3, 0.4) is 0 Å². The summed E-state index contributed by atoms with van der Waals surface area (Å²) >= 11 is 0. The topological polar surface area (TPSA) is 90.9 Å². The zero-order valence-electron chi connectivity index (χ0n) is 20.3. The first-order valence-electron chi connectivity index (χ1n) is 11.5. The molecule has 0 bridgehead atoms. The summed E-state index contributed by atoms with van der Waals surface area (Å²) in [6.07, 6.45) is 0.274. The van der Waals surface area contributed by atoms with Crippen molar-refractivity contribution in [2.45, 2.75) is 32.2 Å². The van der Waals surface area contributed by atoms with Gasteiger partial charge in [-0.05, 0) is 41.7 Å². The van der Waals surface area contributed by atoms with Gasteiger partial charge in [0.1, 0.15) is 12.4 Å². The number of rotatable bonds is 11. The highest BCUT2D eigenvalue weighted by Crippen LogP contribution is 2.52. The third-order valence-corrected chi connectivity index (χ3v) is 8.97. The first kappa shape index (κ1) is 26.5. The van der Waals surface area contributed by atoms with E-state index in [4.69, 9.17) is 14.0 Å². The standard InChI is InChI=1S/C27H32NO6P/c1-20(28-27(30)34-18-21-10-5-4-6-11-21)35(31,33-3)19-24(26(29)32-2)17-16-23-14-9-13-22-12-7-8-15-25(22)23/h4-15,20,24H,16-19H2,1-3H3,(H,28,30). The average molecular weight is 498 g/mol. The molecule has 0 fully saturated rings. The molecule has 3 atom stereocenters. The number of alkyl carbamates (subject to hydrolysis) is 1. The minimum Gasteiger partial charge on any atom is -0.469 e. The zero-order valence-corrected chi connectivity index (χ0v) is 21.2. The van der Waals surface area contributed by atoms with Crippen LogP contribution in [0.5, 0.6) is 0 Å². The van der Waals surface area contributed by atoms with E-state index in [1.165, 1.54) is 14.2 Å². The van der Waals surface area contributed by atoms with Gasteiger partial charge in [-0.25, -0.2) is 4.79 Å². The van der Waals surface area contributed by atoms with Gasteiger partial charge in [-0.2, -0.15) is 0 Å². The number of carbonyl (C=O) groups is 2. The fraction of sp³-hybridized carbons (Fsp3) is 0.333. The van der Waals surface area contributed by atoms with Crippen LogP contribution in [0.1, 0.15) is 24.5 Å². The van der Waals surface area contributed by atoms with Crippen molar-refractivity contribution in [2.24, 2.45) is 5.92 Å². The lowest BCUT2D eigenvalue weighted by atomic mass is 9.96. The van der Waals surface area contributed by atoms with E-state index in [1.807, 2.05) is 72.8 Å². The Bertz CT molecular complexity index is 1180. The molecule has 0 aromatic heterocycles. The van der Waals surface area contributed by atoms with Crippen molar-refractivity contribution < 1.29 is 28.2 Å². The molecule has 3 rings (SSSR count). The van der Waals surface area contributed by atoms with Crippen LogP contribution in [0.25, 0.3) is 10.8 Å². The Hall–Kier alpha value is -3.15. The van der Waals surface area contributed by atoms with Crippen molar-refractivity contribution in [3.05, 3.63) is 83.9 Å². The summed E-state index contributed by atoms with van der Waals surface area (Å²) in [5, 5.41) is 4.84. The van der Waals surface area contributed by atoms with Gasteiger partial charge in [0.2, 0.25) is 7.37 Å². The van der Waals surface area contributed by atoms with E-state index in [1.54, 1.807) is 6.92 Å². The quantitative estimate of drug-likeness (QED) is 0.268. The van der Waals surface area contributed by atoms with Gasteiger partial charge in [0.25, 0.3) is 0 Å². The molecular weight excluding hydrogens is 465 g/mol. The van der Waals surface area contributed by atoms with E-state index in [0.717, 1.165) is 21.9 Å². The van der Waals surface area contributed by atoms with Crippen LogP contribution >= 0.6 is 7.37 Å². The normalized spacial score (nSPS) is 14.5. The number of amides is 1. The molecule has 1 amide bonds. The van der Waals surface area contributed by atoms with Gasteiger partial charge in [-0.15, -0.1) is 0 Å². The summed E-state index contributed by atoms with van der Waals surface area (Å²) in [7, 11) is -0.806. The second-order valence-corrected chi connectivity index (χ2v) is 11.3. The summed E-state index contributed by atoms with van der Waals surface area (Å²) in [6, 6.07) is 23.4. The predicted molar refractivity (Wildman–Crippen MR) is 136 cm³/mol. The molecule has 7 nitrogen and oxygen atoms in total. The maximum absolute atomic E-state index is 13.6. The SMILES string of the molecule is COC(=O)C(CCc1cccc2ccccc12)CP(=O)(OC)C(C)NC(=O)OCc1ccccc1. The van der Waals surface area contributed by atoms with Crippen LogP contribution in [0, 0.1) is 5.92 Å². The van der Waals surface area contributed by atoms with Crippen molar-refractivity contribution in [3.63, 3.8) is 0 Å². The van der Waals surface area contributed by atoms with Gasteiger partial charge in [0.05, 0.1) is 13.0 Å². The summed E-state index contributed by atoms with van der Waals surface area (Å²) in [4.78, 5) is 24.9. The Labute approximate surface area is 206 Å². The van der Waals surface area contributed by atoms with Gasteiger partial charge in [-0.1, -0.05) is 72.8 Å². The van der Waals surface area contributed by atoms with E-state index in [0.29, 0.717) is 12.8 Å². The minimum absolute atomic E-state index is 0.0545. The molecule has 3 aromatic rings. The molecule has 0 spiro atoms. The molecule has 0 radical (unpaired) electrons. The van der Waals surface area contributed by atoms with E-state index in [-0.39, 0.29) is 12.8 Å². The number of methoxy groups -OCH3 is 1. The molecule has 0 aliphatic heterocycles. The molecule has 1 N–H and O–H groups in total. The van der Waals surface area contributed by atoms with Gasteiger partial charge in [-0.3, -0.25) is 9.36 Å². The van der Waals surface area contributed by atoms with Crippen molar-refractivity contribution in [2.75, 3.05) is 20.4 Å². The van der Waals surface area contributed by atoms with Crippen molar-refractivity contribution in [3.8, 4) is 0 Å². The summed E-state index contributed by atoms with van der Waals surface area (Å²) in [5.41, 5.74) is 1.93. The highest BCUT2D eigenvalue weighted by atomic mass is 31.2. The van der Waals surface area contributed by atoms with Crippen LogP contribution in [0.15, 0.2) is 72.8 Å². The van der Waals surface area contributed by atoms with Crippen molar-refractivity contribution in [1.29, 1.82) is 0 Å². The van der Waals surface area contributed by atoms with Crippen LogP contribution in [0.2, 0.25) is 0 Å². The number of nitrogens with one attached hydrogen (secondary N) is 1. The maximum Gasteiger partial charge on any atom is 0.408 e. The Morgan fingerprint density at radius 3 is 2.34 bits per heavy atom. The zero-order chi connectivity index (χ0) is 25.3. The monoisotopic (exact) mass is 497 g/mol. The average Bonchev–Trinajstić information content (AvgIpc) is 2.89. The number of aryl methyl sites for hydroxylation is 1. The number of carbonyl (C=O) groups excluding carboxylic acids is 2. The Morgan fingerprint density at radius 1 is 0.943 bits per heavy atom. The van der Waals surface area contributed by atoms with Crippen molar-refractivity contribution in [1.82, 2.24) is 5.32 Å². The fourth-order valence-corrected chi connectivity index (χ4v) is 6.05. The van der Waals surface area contributed by atoms with Gasteiger partial charge < -0.3 is 19.3 Å². The lowest BCUT2D eigenvalue weighted by Gasteiger charge is -2.27. The number of esters is 1. The molecule has 3 unspecified atom stereocenters. The second kappa shape index (κ2) is 12.5. The Kier molecular flexibility index (Phi) is 9.47. The molecule has 0 saturated heterocycles. The Balaban J connectivity index is 1.66. The summed E-state index contributed by atoms with van der Waals surface area (Å²) in [6.45, 7) is 1.68. The van der Waals surface area contributed by atoms with Crippen LogP contribution in [0.4, 0.5) is 4.79 Å². The van der Waals surface area contributed by atoms with Gasteiger partial charge >= 0.3 is 12.1 Å². The van der Waals surface area contributed by atoms with Crippen LogP contribution in [-0.4, -0.2) is 38.2 Å². The summed E-state index contributed by atoms with van der Waals surface area (Å²) in [5.74, 6) is -1.96. The van der Waals surface area contributed by atoms with Crippen molar-refractivity contribution >= 4 is 30.2 Å².